The Balaban J connectivity index is 1.94. The van der Waals surface area contributed by atoms with Gasteiger partial charge in [0.2, 0.25) is 0 Å². The summed E-state index contributed by atoms with van der Waals surface area (Å²) >= 11 is 0. The summed E-state index contributed by atoms with van der Waals surface area (Å²) in [5.74, 6) is 0.465. The molecule has 4 heteroatoms. The Bertz CT molecular complexity index is 367. The van der Waals surface area contributed by atoms with Gasteiger partial charge < -0.3 is 5.11 Å². The minimum Gasteiger partial charge on any atom is -0.396 e. The first-order chi connectivity index (χ1) is 7.99. The van der Waals surface area contributed by atoms with Crippen LogP contribution in [0.4, 0.5) is 0 Å². The molecule has 1 unspecified atom stereocenters. The van der Waals surface area contributed by atoms with E-state index in [2.05, 4.69) is 37.0 Å². The van der Waals surface area contributed by atoms with Gasteiger partial charge in [0.05, 0.1) is 11.7 Å². The average Bonchev–Trinajstić information content (AvgIpc) is 2.86. The zero-order valence-corrected chi connectivity index (χ0v) is 11.1. The number of nitrogens with zero attached hydrogens (tertiary/aromatic N) is 3. The Morgan fingerprint density at radius 2 is 2.24 bits per heavy atom. The second kappa shape index (κ2) is 4.78. The van der Waals surface area contributed by atoms with Crippen molar-refractivity contribution in [1.29, 1.82) is 0 Å². The molecule has 2 heterocycles. The van der Waals surface area contributed by atoms with Gasteiger partial charge in [-0.15, -0.1) is 0 Å². The molecule has 0 saturated carbocycles. The summed E-state index contributed by atoms with van der Waals surface area (Å²) in [5, 5.41) is 13.5. The maximum Gasteiger partial charge on any atom is 0.0543 e. The molecule has 1 aliphatic rings. The summed E-state index contributed by atoms with van der Waals surface area (Å²) in [7, 11) is 0. The Labute approximate surface area is 103 Å². The Morgan fingerprint density at radius 3 is 2.76 bits per heavy atom. The largest absolute Gasteiger partial charge is 0.396 e. The van der Waals surface area contributed by atoms with E-state index < -0.39 is 0 Å². The van der Waals surface area contributed by atoms with Crippen molar-refractivity contribution in [3.63, 3.8) is 0 Å². The van der Waals surface area contributed by atoms with Gasteiger partial charge in [0.1, 0.15) is 0 Å². The second-order valence-electron chi connectivity index (χ2n) is 6.04. The number of aromatic nitrogens is 2. The number of aliphatic hydroxyl groups excluding tert-OH is 1. The monoisotopic (exact) mass is 237 g/mol. The van der Waals surface area contributed by atoms with Gasteiger partial charge in [0.15, 0.2) is 0 Å². The van der Waals surface area contributed by atoms with Crippen LogP contribution in [0.2, 0.25) is 0 Å². The summed E-state index contributed by atoms with van der Waals surface area (Å²) in [6, 6.07) is 0. The summed E-state index contributed by atoms with van der Waals surface area (Å²) < 4.78 is 2.02. The van der Waals surface area contributed by atoms with Gasteiger partial charge >= 0.3 is 0 Å². The SMILES string of the molecule is CC(C)(C)n1cc(CN2CCC(CO)C2)cn1. The van der Waals surface area contributed by atoms with E-state index in [1.807, 2.05) is 10.9 Å². The summed E-state index contributed by atoms with van der Waals surface area (Å²) in [6.07, 6.45) is 5.20. The zero-order valence-electron chi connectivity index (χ0n) is 11.1. The van der Waals surface area contributed by atoms with Crippen molar-refractivity contribution in [2.75, 3.05) is 19.7 Å². The summed E-state index contributed by atoms with van der Waals surface area (Å²) in [6.45, 7) is 9.83. The number of hydrogen-bond donors (Lipinski definition) is 1. The molecule has 1 aromatic heterocycles. The molecule has 1 atom stereocenters. The first-order valence-corrected chi connectivity index (χ1v) is 6.36. The fourth-order valence-electron chi connectivity index (χ4n) is 2.27. The normalized spacial score (nSPS) is 22.2. The molecule has 0 amide bonds. The van der Waals surface area contributed by atoms with Crippen LogP contribution < -0.4 is 0 Å². The Kier molecular flexibility index (Phi) is 3.54. The lowest BCUT2D eigenvalue weighted by Crippen LogP contribution is -2.22. The molecule has 0 spiro atoms. The van der Waals surface area contributed by atoms with Crippen LogP contribution in [0.1, 0.15) is 32.8 Å². The molecule has 0 aliphatic carbocycles. The highest BCUT2D eigenvalue weighted by Crippen LogP contribution is 2.19. The molecule has 17 heavy (non-hydrogen) atoms. The standard InChI is InChI=1S/C13H23N3O/c1-13(2,3)16-9-12(6-14-16)8-15-5-4-11(7-15)10-17/h6,9,11,17H,4-5,7-8,10H2,1-3H3. The smallest absolute Gasteiger partial charge is 0.0543 e. The van der Waals surface area contributed by atoms with Crippen molar-refractivity contribution in [2.24, 2.45) is 5.92 Å². The van der Waals surface area contributed by atoms with E-state index in [1.54, 1.807) is 0 Å². The van der Waals surface area contributed by atoms with E-state index in [4.69, 9.17) is 5.11 Å². The number of hydrogen-bond acceptors (Lipinski definition) is 3. The lowest BCUT2D eigenvalue weighted by atomic mass is 10.1. The van der Waals surface area contributed by atoms with Gasteiger partial charge in [-0.05, 0) is 39.7 Å². The topological polar surface area (TPSA) is 41.3 Å². The van der Waals surface area contributed by atoms with Crippen LogP contribution in [0.25, 0.3) is 0 Å². The van der Waals surface area contributed by atoms with Crippen molar-refractivity contribution < 1.29 is 5.11 Å². The molecule has 1 aromatic rings. The van der Waals surface area contributed by atoms with Crippen molar-refractivity contribution in [3.8, 4) is 0 Å². The van der Waals surface area contributed by atoms with E-state index in [9.17, 15) is 0 Å². The zero-order chi connectivity index (χ0) is 12.5. The Morgan fingerprint density at radius 1 is 1.47 bits per heavy atom. The van der Waals surface area contributed by atoms with Gasteiger partial charge in [-0.3, -0.25) is 9.58 Å². The maximum absolute atomic E-state index is 9.12. The quantitative estimate of drug-likeness (QED) is 0.865. The molecule has 1 fully saturated rings. The third kappa shape index (κ3) is 3.07. The van der Waals surface area contributed by atoms with Crippen LogP contribution in [0, 0.1) is 5.92 Å². The van der Waals surface area contributed by atoms with Crippen molar-refractivity contribution >= 4 is 0 Å². The van der Waals surface area contributed by atoms with E-state index in [1.165, 1.54) is 5.56 Å². The molecular weight excluding hydrogens is 214 g/mol. The predicted molar refractivity (Wildman–Crippen MR) is 67.7 cm³/mol. The van der Waals surface area contributed by atoms with Crippen molar-refractivity contribution in [3.05, 3.63) is 18.0 Å². The Hall–Kier alpha value is -0.870. The molecule has 96 valence electrons. The first-order valence-electron chi connectivity index (χ1n) is 6.36. The third-order valence-corrected chi connectivity index (χ3v) is 3.36. The van der Waals surface area contributed by atoms with E-state index >= 15 is 0 Å². The highest BCUT2D eigenvalue weighted by molar-refractivity contribution is 5.05. The van der Waals surface area contributed by atoms with Gasteiger partial charge in [-0.25, -0.2) is 0 Å². The summed E-state index contributed by atoms with van der Waals surface area (Å²) in [4.78, 5) is 2.39. The molecule has 1 saturated heterocycles. The molecule has 1 N–H and O–H groups in total. The van der Waals surface area contributed by atoms with Crippen LogP contribution in [0.3, 0.4) is 0 Å². The minimum atomic E-state index is 0.0525. The minimum absolute atomic E-state index is 0.0525. The van der Waals surface area contributed by atoms with E-state index in [0.29, 0.717) is 12.5 Å². The molecule has 2 rings (SSSR count). The number of likely N-dealkylation sites (tertiary alicyclic amines) is 1. The van der Waals surface area contributed by atoms with Gasteiger partial charge in [-0.2, -0.15) is 5.10 Å². The predicted octanol–water partition coefficient (Wildman–Crippen LogP) is 1.45. The summed E-state index contributed by atoms with van der Waals surface area (Å²) in [5.41, 5.74) is 1.31. The van der Waals surface area contributed by atoms with Gasteiger partial charge in [-0.1, -0.05) is 0 Å². The van der Waals surface area contributed by atoms with E-state index in [0.717, 1.165) is 26.1 Å². The average molecular weight is 237 g/mol. The van der Waals surface area contributed by atoms with Crippen LogP contribution in [-0.4, -0.2) is 39.5 Å². The molecule has 4 nitrogen and oxygen atoms in total. The molecule has 0 aromatic carbocycles. The molecule has 1 aliphatic heterocycles. The third-order valence-electron chi connectivity index (χ3n) is 3.36. The first kappa shape index (κ1) is 12.6. The maximum atomic E-state index is 9.12. The van der Waals surface area contributed by atoms with Crippen LogP contribution in [0.15, 0.2) is 12.4 Å². The van der Waals surface area contributed by atoms with Crippen molar-refractivity contribution in [2.45, 2.75) is 39.3 Å². The fraction of sp³-hybridized carbons (Fsp3) is 0.769. The van der Waals surface area contributed by atoms with Crippen LogP contribution in [0.5, 0.6) is 0 Å². The molecular formula is C13H23N3O. The van der Waals surface area contributed by atoms with Gasteiger partial charge in [0, 0.05) is 31.5 Å². The van der Waals surface area contributed by atoms with Crippen LogP contribution in [-0.2, 0) is 12.1 Å². The second-order valence-corrected chi connectivity index (χ2v) is 6.04. The van der Waals surface area contributed by atoms with Crippen molar-refractivity contribution in [1.82, 2.24) is 14.7 Å². The molecule has 0 radical (unpaired) electrons. The number of rotatable bonds is 3. The molecule has 0 bridgehead atoms. The van der Waals surface area contributed by atoms with Crippen LogP contribution >= 0.6 is 0 Å². The highest BCUT2D eigenvalue weighted by Gasteiger charge is 2.22. The van der Waals surface area contributed by atoms with E-state index in [-0.39, 0.29) is 5.54 Å². The lowest BCUT2D eigenvalue weighted by molar-refractivity contribution is 0.220. The number of aliphatic hydroxyl groups is 1. The lowest BCUT2D eigenvalue weighted by Gasteiger charge is -2.19. The van der Waals surface area contributed by atoms with Gasteiger partial charge in [0.25, 0.3) is 0 Å². The fourth-order valence-corrected chi connectivity index (χ4v) is 2.27. The highest BCUT2D eigenvalue weighted by atomic mass is 16.3.